The quantitative estimate of drug-likeness (QED) is 0.587. The predicted molar refractivity (Wildman–Crippen MR) is 105 cm³/mol. The number of carbonyl (C=O) groups is 1. The van der Waals surface area contributed by atoms with Gasteiger partial charge in [0, 0.05) is 5.56 Å². The number of nitrogens with zero attached hydrogens (tertiary/aromatic N) is 1. The average molecular weight is 391 g/mol. The molecule has 2 unspecified atom stereocenters. The number of halogens is 1. The molecule has 4 fully saturated rings. The number of phenolic OH excluding ortho intramolecular Hbond substituents is 1. The molecule has 5 nitrogen and oxygen atoms in total. The van der Waals surface area contributed by atoms with Gasteiger partial charge < -0.3 is 9.84 Å². The lowest BCUT2D eigenvalue weighted by atomic mass is 9.40. The molecule has 2 N–H and O–H groups in total. The van der Waals surface area contributed by atoms with Gasteiger partial charge in [0.1, 0.15) is 0 Å². The van der Waals surface area contributed by atoms with Crippen molar-refractivity contribution in [1.29, 1.82) is 0 Å². The smallest absolute Gasteiger partial charge is 0.246 e. The molecule has 2 atom stereocenters. The van der Waals surface area contributed by atoms with Gasteiger partial charge in [-0.1, -0.05) is 25.4 Å². The van der Waals surface area contributed by atoms with Crippen LogP contribution in [0.15, 0.2) is 17.2 Å². The van der Waals surface area contributed by atoms with Crippen molar-refractivity contribution < 1.29 is 14.6 Å². The second kappa shape index (κ2) is 6.13. The number of hydrazone groups is 1. The number of hydrogen-bond donors (Lipinski definition) is 2. The van der Waals surface area contributed by atoms with E-state index in [1.165, 1.54) is 32.6 Å². The molecule has 4 bridgehead atoms. The number of methoxy groups -OCH3 is 1. The van der Waals surface area contributed by atoms with Gasteiger partial charge in [0.15, 0.2) is 11.5 Å². The van der Waals surface area contributed by atoms with Crippen LogP contribution in [0.2, 0.25) is 5.02 Å². The highest BCUT2D eigenvalue weighted by molar-refractivity contribution is 6.34. The molecule has 146 valence electrons. The minimum atomic E-state index is -0.300. The minimum Gasteiger partial charge on any atom is -0.503 e. The highest BCUT2D eigenvalue weighted by Gasteiger charge is 2.62. The standard InChI is InChI=1S/C21H27ClN2O3/c1-19-6-13-7-20(2,10-19)12-21(8-13,11-19)18(26)24-23-9-14-4-5-15(27-3)17(25)16(14)22/h4-5,9,13,25H,6-8,10-12H2,1-3H3,(H,24,26)/b23-9+. The Balaban J connectivity index is 1.50. The maximum atomic E-state index is 13.1. The summed E-state index contributed by atoms with van der Waals surface area (Å²) < 4.78 is 5.03. The molecule has 1 aromatic carbocycles. The monoisotopic (exact) mass is 390 g/mol. The van der Waals surface area contributed by atoms with Crippen LogP contribution in [0.5, 0.6) is 11.5 Å². The lowest BCUT2D eigenvalue weighted by molar-refractivity contribution is -0.170. The van der Waals surface area contributed by atoms with Gasteiger partial charge in [-0.05, 0) is 67.4 Å². The predicted octanol–water partition coefficient (Wildman–Crippen LogP) is 4.50. The first-order valence-corrected chi connectivity index (χ1v) is 9.94. The lowest BCUT2D eigenvalue weighted by Crippen LogP contribution is -2.59. The maximum Gasteiger partial charge on any atom is 0.246 e. The molecule has 6 heteroatoms. The second-order valence-corrected chi connectivity index (χ2v) is 10.0. The number of rotatable bonds is 4. The van der Waals surface area contributed by atoms with E-state index >= 15 is 0 Å². The molecule has 0 saturated heterocycles. The topological polar surface area (TPSA) is 70.9 Å². The van der Waals surface area contributed by atoms with Crippen molar-refractivity contribution in [3.63, 3.8) is 0 Å². The zero-order chi connectivity index (χ0) is 19.4. The van der Waals surface area contributed by atoms with Crippen molar-refractivity contribution in [1.82, 2.24) is 5.43 Å². The fourth-order valence-electron chi connectivity index (χ4n) is 6.81. The molecule has 4 saturated carbocycles. The summed E-state index contributed by atoms with van der Waals surface area (Å²) in [5.74, 6) is 0.848. The van der Waals surface area contributed by atoms with E-state index < -0.39 is 0 Å². The van der Waals surface area contributed by atoms with E-state index in [2.05, 4.69) is 24.4 Å². The van der Waals surface area contributed by atoms with Crippen molar-refractivity contribution in [3.05, 3.63) is 22.7 Å². The van der Waals surface area contributed by atoms with E-state index in [9.17, 15) is 9.90 Å². The molecule has 1 amide bonds. The van der Waals surface area contributed by atoms with Crippen molar-refractivity contribution >= 4 is 23.7 Å². The molecular formula is C21H27ClN2O3. The van der Waals surface area contributed by atoms with Gasteiger partial charge in [0.05, 0.1) is 23.8 Å². The second-order valence-electron chi connectivity index (χ2n) is 9.63. The summed E-state index contributed by atoms with van der Waals surface area (Å²) in [5, 5.41) is 14.3. The SMILES string of the molecule is COc1ccc(/C=N/NC(=O)C23CC4CC(C)(CC(C)(C4)C2)C3)c(Cl)c1O. The van der Waals surface area contributed by atoms with Crippen LogP contribution in [0, 0.1) is 22.2 Å². The Hall–Kier alpha value is -1.75. The molecule has 0 aromatic heterocycles. The first-order valence-electron chi connectivity index (χ1n) is 9.57. The Morgan fingerprint density at radius 1 is 1.26 bits per heavy atom. The third-order valence-corrected chi connectivity index (χ3v) is 7.20. The van der Waals surface area contributed by atoms with Crippen LogP contribution in [-0.2, 0) is 4.79 Å². The van der Waals surface area contributed by atoms with Crippen molar-refractivity contribution in [2.75, 3.05) is 7.11 Å². The molecule has 0 aliphatic heterocycles. The van der Waals surface area contributed by atoms with Crippen LogP contribution in [0.25, 0.3) is 0 Å². The van der Waals surface area contributed by atoms with Gasteiger partial charge in [-0.25, -0.2) is 5.43 Å². The van der Waals surface area contributed by atoms with Crippen LogP contribution < -0.4 is 10.2 Å². The zero-order valence-electron chi connectivity index (χ0n) is 16.1. The fraction of sp³-hybridized carbons (Fsp3) is 0.619. The molecule has 4 aliphatic carbocycles. The first kappa shape index (κ1) is 18.6. The molecule has 1 aromatic rings. The molecular weight excluding hydrogens is 364 g/mol. The highest BCUT2D eigenvalue weighted by Crippen LogP contribution is 2.69. The summed E-state index contributed by atoms with van der Waals surface area (Å²) in [6.45, 7) is 4.70. The zero-order valence-corrected chi connectivity index (χ0v) is 16.9. The molecule has 5 rings (SSSR count). The van der Waals surface area contributed by atoms with E-state index in [4.69, 9.17) is 16.3 Å². The summed E-state index contributed by atoms with van der Waals surface area (Å²) in [6, 6.07) is 3.31. The molecule has 4 aliphatic rings. The van der Waals surface area contributed by atoms with Gasteiger partial charge >= 0.3 is 0 Å². The van der Waals surface area contributed by atoms with Gasteiger partial charge in [-0.15, -0.1) is 0 Å². The van der Waals surface area contributed by atoms with E-state index in [-0.39, 0.29) is 32.9 Å². The Kier molecular flexibility index (Phi) is 4.22. The van der Waals surface area contributed by atoms with E-state index in [0.29, 0.717) is 17.2 Å². The third kappa shape index (κ3) is 3.10. The van der Waals surface area contributed by atoms with Crippen molar-refractivity contribution in [3.8, 4) is 11.5 Å². The Labute approximate surface area is 165 Å². The number of aromatic hydroxyl groups is 1. The van der Waals surface area contributed by atoms with Crippen molar-refractivity contribution in [2.24, 2.45) is 27.3 Å². The van der Waals surface area contributed by atoms with Crippen LogP contribution in [0.3, 0.4) is 0 Å². The van der Waals surface area contributed by atoms with Crippen LogP contribution in [-0.4, -0.2) is 24.3 Å². The van der Waals surface area contributed by atoms with Crippen LogP contribution in [0.1, 0.15) is 57.9 Å². The molecule has 0 radical (unpaired) electrons. The van der Waals surface area contributed by atoms with Crippen molar-refractivity contribution in [2.45, 2.75) is 52.4 Å². The lowest BCUT2D eigenvalue weighted by Gasteiger charge is -2.64. The maximum absolute atomic E-state index is 13.1. The van der Waals surface area contributed by atoms with E-state index in [1.807, 2.05) is 0 Å². The number of hydrogen-bond acceptors (Lipinski definition) is 4. The highest BCUT2D eigenvalue weighted by atomic mass is 35.5. The minimum absolute atomic E-state index is 0.0224. The summed E-state index contributed by atoms with van der Waals surface area (Å²) in [4.78, 5) is 13.1. The largest absolute Gasteiger partial charge is 0.503 e. The van der Waals surface area contributed by atoms with Gasteiger partial charge in [-0.2, -0.15) is 5.10 Å². The van der Waals surface area contributed by atoms with Gasteiger partial charge in [0.2, 0.25) is 5.91 Å². The Morgan fingerprint density at radius 2 is 1.93 bits per heavy atom. The summed E-state index contributed by atoms with van der Waals surface area (Å²) >= 11 is 6.15. The van der Waals surface area contributed by atoms with E-state index in [0.717, 1.165) is 19.3 Å². The third-order valence-electron chi connectivity index (χ3n) is 6.81. The van der Waals surface area contributed by atoms with Crippen LogP contribution >= 0.6 is 11.6 Å². The van der Waals surface area contributed by atoms with E-state index in [1.54, 1.807) is 12.1 Å². The number of carbonyl (C=O) groups excluding carboxylic acids is 1. The number of ether oxygens (including phenoxy) is 1. The van der Waals surface area contributed by atoms with Crippen LogP contribution in [0.4, 0.5) is 0 Å². The fourth-order valence-corrected chi connectivity index (χ4v) is 7.01. The molecule has 27 heavy (non-hydrogen) atoms. The number of nitrogens with one attached hydrogen (secondary N) is 1. The first-order chi connectivity index (χ1) is 12.7. The number of phenols is 1. The van der Waals surface area contributed by atoms with Gasteiger partial charge in [-0.3, -0.25) is 4.79 Å². The summed E-state index contributed by atoms with van der Waals surface area (Å²) in [5.41, 5.74) is 3.54. The average Bonchev–Trinajstić information content (AvgIpc) is 2.55. The normalized spacial score (nSPS) is 37.0. The molecule has 0 heterocycles. The summed E-state index contributed by atoms with van der Waals surface area (Å²) in [7, 11) is 1.46. The summed E-state index contributed by atoms with van der Waals surface area (Å²) in [6.07, 6.45) is 8.10. The molecule has 0 spiro atoms. The number of amides is 1. The Bertz CT molecular complexity index is 804. The Morgan fingerprint density at radius 3 is 2.52 bits per heavy atom. The van der Waals surface area contributed by atoms with Gasteiger partial charge in [0.25, 0.3) is 0 Å². The number of benzene rings is 1.